The maximum atomic E-state index is 10.7. The molecule has 1 aromatic rings. The molecule has 0 bridgehead atoms. The topological polar surface area (TPSA) is 46.5 Å². The Morgan fingerprint density at radius 1 is 1.28 bits per heavy atom. The van der Waals surface area contributed by atoms with Crippen LogP contribution in [0.2, 0.25) is 0 Å². The van der Waals surface area contributed by atoms with E-state index < -0.39 is 5.97 Å². The highest BCUT2D eigenvalue weighted by molar-refractivity contribution is 5.67. The maximum Gasteiger partial charge on any atom is 0.303 e. The average Bonchev–Trinajstić information content (AvgIpc) is 2.31. The van der Waals surface area contributed by atoms with Crippen molar-refractivity contribution in [3.63, 3.8) is 0 Å². The zero-order valence-corrected chi connectivity index (χ0v) is 11.7. The Labute approximate surface area is 109 Å². The number of benzene rings is 1. The monoisotopic (exact) mass is 250 g/mol. The van der Waals surface area contributed by atoms with Gasteiger partial charge in [0, 0.05) is 6.42 Å². The molecule has 0 aliphatic heterocycles. The van der Waals surface area contributed by atoms with Crippen LogP contribution >= 0.6 is 0 Å². The van der Waals surface area contributed by atoms with Crippen LogP contribution in [0.1, 0.15) is 42.0 Å². The smallest absolute Gasteiger partial charge is 0.303 e. The number of carboxylic acid groups (broad SMARTS) is 1. The van der Waals surface area contributed by atoms with Gasteiger partial charge < -0.3 is 9.84 Å². The second-order valence-electron chi connectivity index (χ2n) is 4.66. The summed E-state index contributed by atoms with van der Waals surface area (Å²) in [4.78, 5) is 10.7. The zero-order chi connectivity index (χ0) is 13.7. The number of hydrogen-bond donors (Lipinski definition) is 1. The summed E-state index contributed by atoms with van der Waals surface area (Å²) < 4.78 is 5.71. The number of rotatable bonds is 6. The van der Waals surface area contributed by atoms with Gasteiger partial charge in [0.05, 0.1) is 6.61 Å². The SMILES string of the molecule is CCCOc1cc(C)c(CCC(=O)O)c(C)c1C. The number of aryl methyl sites for hydroxylation is 1. The normalized spacial score (nSPS) is 10.4. The van der Waals surface area contributed by atoms with Gasteiger partial charge in [-0.25, -0.2) is 0 Å². The highest BCUT2D eigenvalue weighted by Crippen LogP contribution is 2.28. The molecule has 0 radical (unpaired) electrons. The Morgan fingerprint density at radius 2 is 1.94 bits per heavy atom. The lowest BCUT2D eigenvalue weighted by atomic mass is 9.94. The lowest BCUT2D eigenvalue weighted by Gasteiger charge is -2.16. The molecule has 0 fully saturated rings. The molecule has 0 atom stereocenters. The van der Waals surface area contributed by atoms with Crippen LogP contribution in [0.25, 0.3) is 0 Å². The van der Waals surface area contributed by atoms with Gasteiger partial charge in [0.15, 0.2) is 0 Å². The van der Waals surface area contributed by atoms with Crippen molar-refractivity contribution in [1.29, 1.82) is 0 Å². The minimum atomic E-state index is -0.752. The van der Waals surface area contributed by atoms with E-state index in [2.05, 4.69) is 6.92 Å². The van der Waals surface area contributed by atoms with Gasteiger partial charge in [0.1, 0.15) is 5.75 Å². The molecule has 0 unspecified atom stereocenters. The third-order valence-corrected chi connectivity index (χ3v) is 3.26. The molecule has 0 amide bonds. The number of aliphatic carboxylic acids is 1. The van der Waals surface area contributed by atoms with E-state index in [1.807, 2.05) is 26.8 Å². The van der Waals surface area contributed by atoms with Crippen LogP contribution in [-0.2, 0) is 11.2 Å². The molecule has 0 aromatic heterocycles. The van der Waals surface area contributed by atoms with Crippen molar-refractivity contribution in [2.24, 2.45) is 0 Å². The van der Waals surface area contributed by atoms with E-state index in [4.69, 9.17) is 9.84 Å². The van der Waals surface area contributed by atoms with Crippen LogP contribution in [-0.4, -0.2) is 17.7 Å². The minimum Gasteiger partial charge on any atom is -0.493 e. The fraction of sp³-hybridized carbons (Fsp3) is 0.533. The Bertz CT molecular complexity index is 436. The molecule has 1 rings (SSSR count). The van der Waals surface area contributed by atoms with Crippen molar-refractivity contribution in [2.75, 3.05) is 6.61 Å². The number of hydrogen-bond acceptors (Lipinski definition) is 2. The van der Waals surface area contributed by atoms with E-state index in [1.165, 1.54) is 0 Å². The van der Waals surface area contributed by atoms with Crippen LogP contribution < -0.4 is 4.74 Å². The first kappa shape index (κ1) is 14.6. The van der Waals surface area contributed by atoms with Crippen LogP contribution in [0.3, 0.4) is 0 Å². The van der Waals surface area contributed by atoms with Crippen molar-refractivity contribution in [1.82, 2.24) is 0 Å². The quantitative estimate of drug-likeness (QED) is 0.841. The maximum absolute atomic E-state index is 10.7. The van der Waals surface area contributed by atoms with Gasteiger partial charge in [-0.3, -0.25) is 4.79 Å². The Kier molecular flexibility index (Phi) is 5.20. The summed E-state index contributed by atoms with van der Waals surface area (Å²) in [5.74, 6) is 0.170. The third-order valence-electron chi connectivity index (χ3n) is 3.26. The first-order valence-electron chi connectivity index (χ1n) is 6.41. The molecule has 0 aliphatic carbocycles. The Balaban J connectivity index is 3.00. The molecule has 3 heteroatoms. The Morgan fingerprint density at radius 3 is 2.50 bits per heavy atom. The zero-order valence-electron chi connectivity index (χ0n) is 11.7. The number of carboxylic acids is 1. The summed E-state index contributed by atoms with van der Waals surface area (Å²) in [6.45, 7) is 8.88. The largest absolute Gasteiger partial charge is 0.493 e. The first-order chi connectivity index (χ1) is 8.47. The van der Waals surface area contributed by atoms with E-state index in [0.717, 1.165) is 34.4 Å². The highest BCUT2D eigenvalue weighted by Gasteiger charge is 2.12. The van der Waals surface area contributed by atoms with Gasteiger partial charge in [0.2, 0.25) is 0 Å². The van der Waals surface area contributed by atoms with Crippen LogP contribution in [0.5, 0.6) is 5.75 Å². The van der Waals surface area contributed by atoms with Crippen molar-refractivity contribution in [3.8, 4) is 5.75 Å². The molecule has 3 nitrogen and oxygen atoms in total. The molecule has 0 aliphatic rings. The van der Waals surface area contributed by atoms with Gasteiger partial charge >= 0.3 is 5.97 Å². The molecule has 100 valence electrons. The lowest BCUT2D eigenvalue weighted by Crippen LogP contribution is -2.05. The summed E-state index contributed by atoms with van der Waals surface area (Å²) in [6, 6.07) is 2.02. The molecule has 1 aromatic carbocycles. The van der Waals surface area contributed by atoms with Crippen LogP contribution in [0, 0.1) is 20.8 Å². The van der Waals surface area contributed by atoms with Crippen molar-refractivity contribution >= 4 is 5.97 Å². The third kappa shape index (κ3) is 3.49. The van der Waals surface area contributed by atoms with E-state index in [0.29, 0.717) is 13.0 Å². The number of ether oxygens (including phenoxy) is 1. The summed E-state index contributed by atoms with van der Waals surface area (Å²) in [5.41, 5.74) is 4.53. The summed E-state index contributed by atoms with van der Waals surface area (Å²) in [6.07, 6.45) is 1.75. The van der Waals surface area contributed by atoms with Gasteiger partial charge in [-0.05, 0) is 61.9 Å². The number of carbonyl (C=O) groups is 1. The van der Waals surface area contributed by atoms with Gasteiger partial charge in [-0.15, -0.1) is 0 Å². The van der Waals surface area contributed by atoms with Gasteiger partial charge in [0.25, 0.3) is 0 Å². The molecule has 0 spiro atoms. The molecular formula is C15H22O3. The van der Waals surface area contributed by atoms with E-state index in [9.17, 15) is 4.79 Å². The summed E-state index contributed by atoms with van der Waals surface area (Å²) in [7, 11) is 0. The molecule has 0 heterocycles. The molecule has 0 saturated carbocycles. The van der Waals surface area contributed by atoms with Gasteiger partial charge in [-0.2, -0.15) is 0 Å². The second kappa shape index (κ2) is 6.43. The van der Waals surface area contributed by atoms with Crippen molar-refractivity contribution in [2.45, 2.75) is 47.0 Å². The molecule has 0 saturated heterocycles. The predicted octanol–water partition coefficient (Wildman–Crippen LogP) is 3.42. The Hall–Kier alpha value is -1.51. The van der Waals surface area contributed by atoms with Crippen LogP contribution in [0.4, 0.5) is 0 Å². The average molecular weight is 250 g/mol. The predicted molar refractivity (Wildman–Crippen MR) is 72.4 cm³/mol. The second-order valence-corrected chi connectivity index (χ2v) is 4.66. The summed E-state index contributed by atoms with van der Waals surface area (Å²) >= 11 is 0. The van der Waals surface area contributed by atoms with Crippen molar-refractivity contribution in [3.05, 3.63) is 28.3 Å². The van der Waals surface area contributed by atoms with Gasteiger partial charge in [-0.1, -0.05) is 6.92 Å². The highest BCUT2D eigenvalue weighted by atomic mass is 16.5. The molecular weight excluding hydrogens is 228 g/mol. The van der Waals surface area contributed by atoms with E-state index >= 15 is 0 Å². The van der Waals surface area contributed by atoms with Crippen molar-refractivity contribution < 1.29 is 14.6 Å². The lowest BCUT2D eigenvalue weighted by molar-refractivity contribution is -0.136. The standard InChI is InChI=1S/C15H22O3/c1-5-8-18-14-9-10(2)13(6-7-15(16)17)11(3)12(14)4/h9H,5-8H2,1-4H3,(H,16,17). The first-order valence-corrected chi connectivity index (χ1v) is 6.41. The fourth-order valence-electron chi connectivity index (χ4n) is 2.08. The van der Waals surface area contributed by atoms with Crippen LogP contribution in [0.15, 0.2) is 6.07 Å². The van der Waals surface area contributed by atoms with E-state index in [1.54, 1.807) is 0 Å². The summed E-state index contributed by atoms with van der Waals surface area (Å²) in [5, 5.41) is 8.77. The fourth-order valence-corrected chi connectivity index (χ4v) is 2.08. The van der Waals surface area contributed by atoms with E-state index in [-0.39, 0.29) is 6.42 Å². The molecule has 1 N–H and O–H groups in total. The minimum absolute atomic E-state index is 0.177. The molecule has 18 heavy (non-hydrogen) atoms.